The first-order chi connectivity index (χ1) is 15.4. The molecule has 0 fully saturated rings. The lowest BCUT2D eigenvalue weighted by Gasteiger charge is -2.08. The number of aryl methyl sites for hydroxylation is 3. The van der Waals surface area contributed by atoms with Gasteiger partial charge >= 0.3 is 0 Å². The third-order valence-corrected chi connectivity index (χ3v) is 5.89. The fourth-order valence-electron chi connectivity index (χ4n) is 3.55. The molecule has 0 spiro atoms. The summed E-state index contributed by atoms with van der Waals surface area (Å²) in [6.45, 7) is 4.97. The molecule has 6 nitrogen and oxygen atoms in total. The van der Waals surface area contributed by atoms with Gasteiger partial charge in [-0.15, -0.1) is 0 Å². The lowest BCUT2D eigenvalue weighted by Crippen LogP contribution is -2.29. The van der Waals surface area contributed by atoms with Gasteiger partial charge in [0.05, 0.1) is 5.69 Å². The number of hydrogen-bond acceptors (Lipinski definition) is 3. The summed E-state index contributed by atoms with van der Waals surface area (Å²) in [4.78, 5) is 25.1. The van der Waals surface area contributed by atoms with Crippen molar-refractivity contribution in [1.29, 1.82) is 0 Å². The van der Waals surface area contributed by atoms with Crippen LogP contribution in [0.2, 0.25) is 5.02 Å². The number of benzene rings is 2. The first kappa shape index (κ1) is 21.8. The standard InChI is InChI=1S/C25H25ClN4O2/c1-17-3-6-20(15-18(17)2)22-16-23-25(32)29(13-14-30(23)28-22)12-10-24(31)27-11-9-19-4-7-21(26)8-5-19/h3-8,13-16H,9-12H2,1-2H3,(H,27,31). The molecule has 0 aliphatic carbocycles. The molecule has 7 heteroatoms. The van der Waals surface area contributed by atoms with Crippen molar-refractivity contribution in [3.8, 4) is 11.3 Å². The van der Waals surface area contributed by atoms with E-state index in [1.807, 2.05) is 30.3 Å². The highest BCUT2D eigenvalue weighted by atomic mass is 35.5. The van der Waals surface area contributed by atoms with Crippen molar-refractivity contribution in [3.63, 3.8) is 0 Å². The smallest absolute Gasteiger partial charge is 0.276 e. The normalized spacial score (nSPS) is 11.1. The van der Waals surface area contributed by atoms with E-state index in [2.05, 4.69) is 36.4 Å². The van der Waals surface area contributed by atoms with E-state index in [-0.39, 0.29) is 17.9 Å². The maximum Gasteiger partial charge on any atom is 0.276 e. The molecule has 0 radical (unpaired) electrons. The van der Waals surface area contributed by atoms with E-state index in [9.17, 15) is 9.59 Å². The second-order valence-corrected chi connectivity index (χ2v) is 8.37. The molecular weight excluding hydrogens is 424 g/mol. The largest absolute Gasteiger partial charge is 0.356 e. The van der Waals surface area contributed by atoms with E-state index >= 15 is 0 Å². The minimum Gasteiger partial charge on any atom is -0.356 e. The average Bonchev–Trinajstić information content (AvgIpc) is 3.22. The lowest BCUT2D eigenvalue weighted by atomic mass is 10.0. The molecule has 0 bridgehead atoms. The van der Waals surface area contributed by atoms with Gasteiger partial charge in [0, 0.05) is 42.5 Å². The van der Waals surface area contributed by atoms with E-state index in [1.165, 1.54) is 11.1 Å². The van der Waals surface area contributed by atoms with E-state index in [4.69, 9.17) is 11.6 Å². The van der Waals surface area contributed by atoms with Crippen LogP contribution in [-0.4, -0.2) is 26.6 Å². The maximum atomic E-state index is 12.9. The number of nitrogens with one attached hydrogen (secondary N) is 1. The molecule has 2 heterocycles. The van der Waals surface area contributed by atoms with Gasteiger partial charge in [-0.2, -0.15) is 5.10 Å². The van der Waals surface area contributed by atoms with Crippen LogP contribution in [0, 0.1) is 13.8 Å². The fourth-order valence-corrected chi connectivity index (χ4v) is 3.68. The summed E-state index contributed by atoms with van der Waals surface area (Å²) in [5, 5.41) is 8.14. The van der Waals surface area contributed by atoms with Crippen LogP contribution >= 0.6 is 11.6 Å². The monoisotopic (exact) mass is 448 g/mol. The van der Waals surface area contributed by atoms with Gasteiger partial charge in [0.15, 0.2) is 0 Å². The third kappa shape index (κ3) is 4.92. The number of halogens is 1. The number of fused-ring (bicyclic) bond motifs is 1. The summed E-state index contributed by atoms with van der Waals surface area (Å²) in [6, 6.07) is 15.5. The molecule has 0 aliphatic heterocycles. The molecule has 2 aromatic heterocycles. The van der Waals surface area contributed by atoms with Crippen molar-refractivity contribution in [2.75, 3.05) is 6.54 Å². The van der Waals surface area contributed by atoms with Crippen molar-refractivity contribution in [2.45, 2.75) is 33.2 Å². The Hall–Kier alpha value is -3.38. The summed E-state index contributed by atoms with van der Waals surface area (Å²) in [6.07, 6.45) is 4.38. The molecule has 0 atom stereocenters. The highest BCUT2D eigenvalue weighted by Gasteiger charge is 2.11. The van der Waals surface area contributed by atoms with Gasteiger partial charge in [-0.1, -0.05) is 35.9 Å². The van der Waals surface area contributed by atoms with Gasteiger partial charge in [-0.3, -0.25) is 9.59 Å². The number of rotatable bonds is 7. The quantitative estimate of drug-likeness (QED) is 0.461. The Kier molecular flexibility index (Phi) is 6.42. The van der Waals surface area contributed by atoms with Gasteiger partial charge < -0.3 is 9.88 Å². The van der Waals surface area contributed by atoms with Gasteiger partial charge in [0.1, 0.15) is 5.52 Å². The van der Waals surface area contributed by atoms with Crippen molar-refractivity contribution < 1.29 is 4.79 Å². The number of aromatic nitrogens is 3. The first-order valence-corrected chi connectivity index (χ1v) is 11.0. The molecule has 0 saturated carbocycles. The van der Waals surface area contributed by atoms with E-state index in [0.717, 1.165) is 23.2 Å². The topological polar surface area (TPSA) is 68.4 Å². The summed E-state index contributed by atoms with van der Waals surface area (Å²) >= 11 is 5.89. The Labute approximate surface area is 191 Å². The molecule has 0 unspecified atom stereocenters. The Morgan fingerprint density at radius 2 is 1.81 bits per heavy atom. The van der Waals surface area contributed by atoms with Crippen LogP contribution in [0.1, 0.15) is 23.1 Å². The molecular formula is C25H25ClN4O2. The molecule has 2 aromatic carbocycles. The third-order valence-electron chi connectivity index (χ3n) is 5.64. The van der Waals surface area contributed by atoms with E-state index < -0.39 is 0 Å². The minimum absolute atomic E-state index is 0.0879. The van der Waals surface area contributed by atoms with Crippen molar-refractivity contribution >= 4 is 23.0 Å². The Morgan fingerprint density at radius 1 is 1.03 bits per heavy atom. The Balaban J connectivity index is 1.39. The SMILES string of the molecule is Cc1ccc(-c2cc3c(=O)n(CCC(=O)NCCc4ccc(Cl)cc4)ccn3n2)cc1C. The van der Waals surface area contributed by atoms with Crippen LogP contribution < -0.4 is 10.9 Å². The predicted octanol–water partition coefficient (Wildman–Crippen LogP) is 4.18. The molecule has 4 aromatic rings. The van der Waals surface area contributed by atoms with Gasteiger partial charge in [0.2, 0.25) is 5.91 Å². The summed E-state index contributed by atoms with van der Waals surface area (Å²) in [7, 11) is 0. The zero-order valence-corrected chi connectivity index (χ0v) is 18.9. The van der Waals surface area contributed by atoms with Crippen LogP contribution in [0.25, 0.3) is 16.8 Å². The van der Waals surface area contributed by atoms with Crippen molar-refractivity contribution in [1.82, 2.24) is 19.5 Å². The number of hydrogen-bond donors (Lipinski definition) is 1. The first-order valence-electron chi connectivity index (χ1n) is 10.6. The van der Waals surface area contributed by atoms with Gasteiger partial charge in [-0.25, -0.2) is 4.52 Å². The fraction of sp³-hybridized carbons (Fsp3) is 0.240. The molecule has 1 N–H and O–H groups in total. The molecule has 164 valence electrons. The summed E-state index contributed by atoms with van der Waals surface area (Å²) in [5.41, 5.74) is 5.56. The minimum atomic E-state index is -0.163. The lowest BCUT2D eigenvalue weighted by molar-refractivity contribution is -0.121. The van der Waals surface area contributed by atoms with Gasteiger partial charge in [0.25, 0.3) is 5.56 Å². The van der Waals surface area contributed by atoms with E-state index in [1.54, 1.807) is 27.5 Å². The Morgan fingerprint density at radius 3 is 2.56 bits per heavy atom. The number of amides is 1. The van der Waals surface area contributed by atoms with Crippen LogP contribution in [0.3, 0.4) is 0 Å². The van der Waals surface area contributed by atoms with Crippen molar-refractivity contribution in [2.24, 2.45) is 0 Å². The molecule has 1 amide bonds. The zero-order valence-electron chi connectivity index (χ0n) is 18.1. The maximum absolute atomic E-state index is 12.9. The zero-order chi connectivity index (χ0) is 22.7. The van der Waals surface area contributed by atoms with Crippen LogP contribution in [0.4, 0.5) is 0 Å². The van der Waals surface area contributed by atoms with Crippen LogP contribution in [0.5, 0.6) is 0 Å². The second-order valence-electron chi connectivity index (χ2n) is 7.93. The van der Waals surface area contributed by atoms with Crippen LogP contribution in [0.15, 0.2) is 65.7 Å². The highest BCUT2D eigenvalue weighted by molar-refractivity contribution is 6.30. The second kappa shape index (κ2) is 9.40. The van der Waals surface area contributed by atoms with Gasteiger partial charge in [-0.05, 0) is 61.2 Å². The molecule has 0 aliphatic rings. The number of carbonyl (C=O) groups excluding carboxylic acids is 1. The molecule has 0 saturated heterocycles. The van der Waals surface area contributed by atoms with Crippen LogP contribution in [-0.2, 0) is 17.8 Å². The number of nitrogens with zero attached hydrogens (tertiary/aromatic N) is 3. The number of carbonyl (C=O) groups is 1. The highest BCUT2D eigenvalue weighted by Crippen LogP contribution is 2.21. The summed E-state index contributed by atoms with van der Waals surface area (Å²) < 4.78 is 3.15. The van der Waals surface area contributed by atoms with E-state index in [0.29, 0.717) is 23.6 Å². The molecule has 4 rings (SSSR count). The Bertz CT molecular complexity index is 1320. The van der Waals surface area contributed by atoms with Crippen molar-refractivity contribution in [3.05, 3.63) is 93.0 Å². The molecule has 32 heavy (non-hydrogen) atoms. The average molecular weight is 449 g/mol. The summed E-state index contributed by atoms with van der Waals surface area (Å²) in [5.74, 6) is -0.0879. The predicted molar refractivity (Wildman–Crippen MR) is 127 cm³/mol.